The van der Waals surface area contributed by atoms with Gasteiger partial charge in [-0.1, -0.05) is 24.3 Å². The van der Waals surface area contributed by atoms with E-state index in [4.69, 9.17) is 0 Å². The molecule has 0 aliphatic rings. The molecule has 0 aliphatic heterocycles. The van der Waals surface area contributed by atoms with E-state index in [9.17, 15) is 10.2 Å². The van der Waals surface area contributed by atoms with Gasteiger partial charge in [-0.2, -0.15) is 0 Å². The van der Waals surface area contributed by atoms with Crippen LogP contribution in [0.5, 0.6) is 0 Å². The van der Waals surface area contributed by atoms with Crippen molar-refractivity contribution in [3.05, 3.63) is 71.8 Å². The van der Waals surface area contributed by atoms with Crippen LogP contribution in [0.2, 0.25) is 0 Å². The first-order valence-corrected chi connectivity index (χ1v) is 8.90. The van der Waals surface area contributed by atoms with E-state index < -0.39 is 0 Å². The van der Waals surface area contributed by atoms with E-state index in [-0.39, 0.29) is 24.9 Å². The summed E-state index contributed by atoms with van der Waals surface area (Å²) < 4.78 is 6.99. The lowest BCUT2D eigenvalue weighted by Gasteiger charge is -2.09. The van der Waals surface area contributed by atoms with Gasteiger partial charge in [0.25, 0.3) is 11.6 Å². The van der Waals surface area contributed by atoms with Gasteiger partial charge >= 0.3 is 0 Å². The second kappa shape index (κ2) is 8.08. The lowest BCUT2D eigenvalue weighted by atomic mass is 10.1. The zero-order valence-corrected chi connectivity index (χ0v) is 16.5. The standard InChI is InChI=1S/C20H24N6O2/c1-23-8-9-24(2)19(23)17(27)21-13-15-6-5-7-16(12-15)14-22-18(28)20-25(3)10-11-26(20)4/h5-12H,13-14H2,1-4H3. The average molecular weight is 380 g/mol. The maximum atomic E-state index is 12.3. The SMILES string of the molecule is Cn1cc[n+](C)c1C([O-])=NCc1cccc(CN=C([O-])c2n(C)cc[n+]2C)c1. The van der Waals surface area contributed by atoms with Crippen molar-refractivity contribution in [2.24, 2.45) is 38.2 Å². The van der Waals surface area contributed by atoms with E-state index in [0.29, 0.717) is 11.6 Å². The van der Waals surface area contributed by atoms with Gasteiger partial charge in [-0.25, -0.2) is 18.3 Å². The predicted molar refractivity (Wildman–Crippen MR) is 100 cm³/mol. The number of hydrogen-bond donors (Lipinski definition) is 0. The van der Waals surface area contributed by atoms with Crippen molar-refractivity contribution in [2.75, 3.05) is 0 Å². The first-order valence-electron chi connectivity index (χ1n) is 8.90. The summed E-state index contributed by atoms with van der Waals surface area (Å²) in [6.45, 7) is 0.553. The monoisotopic (exact) mass is 380 g/mol. The topological polar surface area (TPSA) is 88.5 Å². The Morgan fingerprint density at radius 3 is 1.64 bits per heavy atom. The second-order valence-electron chi connectivity index (χ2n) is 6.75. The molecule has 0 unspecified atom stereocenters. The van der Waals surface area contributed by atoms with Crippen molar-refractivity contribution in [3.8, 4) is 0 Å². The van der Waals surface area contributed by atoms with E-state index in [0.717, 1.165) is 11.1 Å². The molecule has 0 saturated heterocycles. The molecule has 2 heterocycles. The zero-order valence-electron chi connectivity index (χ0n) is 16.5. The second-order valence-corrected chi connectivity index (χ2v) is 6.75. The molecule has 0 atom stereocenters. The number of rotatable bonds is 6. The molecule has 0 spiro atoms. The summed E-state index contributed by atoms with van der Waals surface area (Å²) in [7, 11) is 7.26. The molecular weight excluding hydrogens is 356 g/mol. The summed E-state index contributed by atoms with van der Waals surface area (Å²) in [6.07, 6.45) is 7.26. The van der Waals surface area contributed by atoms with E-state index in [1.807, 2.05) is 77.2 Å². The van der Waals surface area contributed by atoms with Crippen LogP contribution < -0.4 is 19.3 Å². The van der Waals surface area contributed by atoms with Crippen LogP contribution in [0, 0.1) is 0 Å². The molecule has 3 aromatic rings. The van der Waals surface area contributed by atoms with Crippen molar-refractivity contribution >= 4 is 11.8 Å². The highest BCUT2D eigenvalue weighted by atomic mass is 16.3. The number of hydrogen-bond acceptors (Lipinski definition) is 4. The number of benzene rings is 1. The van der Waals surface area contributed by atoms with Gasteiger partial charge in [0.05, 0.1) is 53.1 Å². The zero-order chi connectivity index (χ0) is 20.3. The van der Waals surface area contributed by atoms with Gasteiger partial charge in [-0.3, -0.25) is 9.98 Å². The van der Waals surface area contributed by atoms with Crippen molar-refractivity contribution in [3.63, 3.8) is 0 Å². The predicted octanol–water partition coefficient (Wildman–Crippen LogP) is -1.37. The highest BCUT2D eigenvalue weighted by Gasteiger charge is 2.12. The van der Waals surface area contributed by atoms with Gasteiger partial charge in [0.2, 0.25) is 0 Å². The van der Waals surface area contributed by atoms with Crippen LogP contribution in [-0.2, 0) is 41.3 Å². The Hall–Kier alpha value is -3.42. The molecule has 2 aromatic heterocycles. The molecule has 0 fully saturated rings. The fourth-order valence-electron chi connectivity index (χ4n) is 3.08. The Kier molecular flexibility index (Phi) is 5.58. The van der Waals surface area contributed by atoms with Crippen LogP contribution in [0.15, 0.2) is 59.0 Å². The summed E-state index contributed by atoms with van der Waals surface area (Å²) in [5, 5.41) is 24.7. The third kappa shape index (κ3) is 4.11. The van der Waals surface area contributed by atoms with Crippen LogP contribution in [0.4, 0.5) is 0 Å². The first kappa shape index (κ1) is 19.3. The van der Waals surface area contributed by atoms with E-state index >= 15 is 0 Å². The van der Waals surface area contributed by atoms with Gasteiger partial charge in [-0.05, 0) is 11.1 Å². The molecule has 8 heteroatoms. The van der Waals surface area contributed by atoms with E-state index in [1.165, 1.54) is 0 Å². The van der Waals surface area contributed by atoms with Crippen molar-refractivity contribution in [1.82, 2.24) is 9.13 Å². The summed E-state index contributed by atoms with van der Waals surface area (Å²) in [5.74, 6) is 0.507. The summed E-state index contributed by atoms with van der Waals surface area (Å²) in [5.41, 5.74) is 1.80. The van der Waals surface area contributed by atoms with Crippen LogP contribution in [-0.4, -0.2) is 20.9 Å². The maximum absolute atomic E-state index is 12.3. The summed E-state index contributed by atoms with van der Waals surface area (Å²) in [6, 6.07) is 7.62. The fraction of sp³-hybridized carbons (Fsp3) is 0.300. The lowest BCUT2D eigenvalue weighted by Crippen LogP contribution is -2.40. The minimum absolute atomic E-state index is 0.267. The van der Waals surface area contributed by atoms with Crippen molar-refractivity contribution < 1.29 is 19.3 Å². The smallest absolute Gasteiger partial charge is 0.291 e. The molecular formula is C20H24N6O2. The Bertz CT molecular complexity index is 926. The number of imidazole rings is 2. The highest BCUT2D eigenvalue weighted by Crippen LogP contribution is 2.09. The minimum Gasteiger partial charge on any atom is -0.853 e. The Morgan fingerprint density at radius 1 is 0.857 bits per heavy atom. The largest absolute Gasteiger partial charge is 0.853 e. The van der Waals surface area contributed by atoms with Crippen LogP contribution in [0.1, 0.15) is 22.8 Å². The van der Waals surface area contributed by atoms with Crippen LogP contribution in [0.3, 0.4) is 0 Å². The Labute approximate surface area is 164 Å². The molecule has 0 saturated carbocycles. The number of aromatic nitrogens is 4. The highest BCUT2D eigenvalue weighted by molar-refractivity contribution is 5.85. The molecule has 146 valence electrons. The van der Waals surface area contributed by atoms with Crippen LogP contribution in [0.25, 0.3) is 0 Å². The van der Waals surface area contributed by atoms with Gasteiger partial charge in [-0.15, -0.1) is 0 Å². The summed E-state index contributed by atoms with van der Waals surface area (Å²) >= 11 is 0. The minimum atomic E-state index is -0.267. The Balaban J connectivity index is 1.72. The molecule has 1 aromatic carbocycles. The maximum Gasteiger partial charge on any atom is 0.291 e. The fourth-order valence-corrected chi connectivity index (χ4v) is 3.08. The van der Waals surface area contributed by atoms with Gasteiger partial charge in [0.15, 0.2) is 0 Å². The number of aryl methyl sites for hydroxylation is 4. The van der Waals surface area contributed by atoms with Gasteiger partial charge < -0.3 is 10.2 Å². The molecule has 0 N–H and O–H groups in total. The number of nitrogens with zero attached hydrogens (tertiary/aromatic N) is 6. The van der Waals surface area contributed by atoms with Gasteiger partial charge in [0, 0.05) is 0 Å². The van der Waals surface area contributed by atoms with Crippen molar-refractivity contribution in [1.29, 1.82) is 0 Å². The molecule has 0 radical (unpaired) electrons. The molecule has 0 amide bonds. The average Bonchev–Trinajstić information content (AvgIpc) is 3.19. The third-order valence-corrected chi connectivity index (χ3v) is 4.55. The van der Waals surface area contributed by atoms with E-state index in [1.54, 1.807) is 18.3 Å². The normalized spacial score (nSPS) is 12.6. The van der Waals surface area contributed by atoms with Crippen molar-refractivity contribution in [2.45, 2.75) is 13.1 Å². The quantitative estimate of drug-likeness (QED) is 0.300. The van der Waals surface area contributed by atoms with Crippen LogP contribution >= 0.6 is 0 Å². The molecule has 0 aliphatic carbocycles. The molecule has 28 heavy (non-hydrogen) atoms. The molecule has 3 rings (SSSR count). The lowest BCUT2D eigenvalue weighted by molar-refractivity contribution is -0.674. The molecule has 0 bridgehead atoms. The summed E-state index contributed by atoms with van der Waals surface area (Å²) in [4.78, 5) is 8.35. The van der Waals surface area contributed by atoms with Gasteiger partial charge in [0.1, 0.15) is 24.8 Å². The first-order chi connectivity index (χ1) is 13.4. The van der Waals surface area contributed by atoms with E-state index in [2.05, 4.69) is 9.98 Å². The molecule has 8 nitrogen and oxygen atoms in total. The number of aliphatic imine (C=N–C) groups is 2. The Morgan fingerprint density at radius 2 is 1.29 bits per heavy atom. The third-order valence-electron chi connectivity index (χ3n) is 4.55.